The van der Waals surface area contributed by atoms with Gasteiger partial charge in [0.25, 0.3) is 0 Å². The zero-order chi connectivity index (χ0) is 14.8. The van der Waals surface area contributed by atoms with E-state index in [2.05, 4.69) is 11.4 Å². The van der Waals surface area contributed by atoms with Crippen LogP contribution in [0.5, 0.6) is 0 Å². The number of carbonyl (C=O) groups is 1. The van der Waals surface area contributed by atoms with Gasteiger partial charge in [0.1, 0.15) is 5.92 Å². The molecule has 1 aliphatic heterocycles. The van der Waals surface area contributed by atoms with Gasteiger partial charge in [-0.1, -0.05) is 42.5 Å². The van der Waals surface area contributed by atoms with Gasteiger partial charge in [-0.3, -0.25) is 4.79 Å². The van der Waals surface area contributed by atoms with E-state index in [9.17, 15) is 10.1 Å². The Kier molecular flexibility index (Phi) is 3.85. The summed E-state index contributed by atoms with van der Waals surface area (Å²) in [5.41, 5.74) is 2.90. The van der Waals surface area contributed by atoms with Crippen molar-refractivity contribution in [3.8, 4) is 6.07 Å². The van der Waals surface area contributed by atoms with Crippen molar-refractivity contribution in [2.45, 2.75) is 25.7 Å². The maximum atomic E-state index is 12.3. The van der Waals surface area contributed by atoms with Crippen molar-refractivity contribution < 1.29 is 4.79 Å². The average Bonchev–Trinajstić information content (AvgIpc) is 2.48. The van der Waals surface area contributed by atoms with Crippen molar-refractivity contribution in [2.75, 3.05) is 0 Å². The zero-order valence-corrected chi connectivity index (χ0v) is 12.5. The number of ketones is 1. The van der Waals surface area contributed by atoms with Gasteiger partial charge in [0.15, 0.2) is 5.78 Å². The van der Waals surface area contributed by atoms with E-state index in [1.165, 1.54) is 0 Å². The highest BCUT2D eigenvalue weighted by atomic mass is 32.1. The second-order valence-electron chi connectivity index (χ2n) is 5.56. The van der Waals surface area contributed by atoms with Gasteiger partial charge in [-0.25, -0.2) is 0 Å². The van der Waals surface area contributed by atoms with Crippen LogP contribution in [0.3, 0.4) is 0 Å². The lowest BCUT2D eigenvalue weighted by molar-refractivity contribution is -0.116. The molecule has 21 heavy (non-hydrogen) atoms. The molecule has 1 N–H and O–H groups in total. The minimum Gasteiger partial charge on any atom is -0.352 e. The molecule has 1 aromatic rings. The first-order valence-corrected chi connectivity index (χ1v) is 7.62. The maximum absolute atomic E-state index is 12.3. The number of nitrogens with zero attached hydrogens (tertiary/aromatic N) is 1. The molecule has 1 heterocycles. The van der Waals surface area contributed by atoms with Crippen LogP contribution in [0.2, 0.25) is 0 Å². The molecule has 0 fully saturated rings. The van der Waals surface area contributed by atoms with Crippen LogP contribution in [-0.4, -0.2) is 10.8 Å². The van der Waals surface area contributed by atoms with E-state index in [-0.39, 0.29) is 11.7 Å². The lowest BCUT2D eigenvalue weighted by atomic mass is 9.74. The molecule has 0 bridgehead atoms. The van der Waals surface area contributed by atoms with Gasteiger partial charge in [0.2, 0.25) is 0 Å². The number of benzene rings is 1. The number of Topliss-reactive ketones (excluding diaryl/α,β-unsaturated/α-hetero) is 1. The molecular formula is C17H16N2OS. The van der Waals surface area contributed by atoms with Crippen LogP contribution in [0.25, 0.3) is 0 Å². The third-order valence-electron chi connectivity index (χ3n) is 4.22. The first-order valence-electron chi connectivity index (χ1n) is 7.21. The third kappa shape index (κ3) is 2.62. The van der Waals surface area contributed by atoms with Crippen LogP contribution >= 0.6 is 12.2 Å². The molecule has 1 unspecified atom stereocenters. The number of hydrogen-bond acceptors (Lipinski definition) is 3. The molecule has 1 aromatic carbocycles. The quantitative estimate of drug-likeness (QED) is 0.853. The Labute approximate surface area is 129 Å². The van der Waals surface area contributed by atoms with Crippen LogP contribution in [0, 0.1) is 23.2 Å². The van der Waals surface area contributed by atoms with Gasteiger partial charge in [0.05, 0.1) is 11.1 Å². The van der Waals surface area contributed by atoms with Gasteiger partial charge in [-0.05, 0) is 24.8 Å². The summed E-state index contributed by atoms with van der Waals surface area (Å²) in [5, 5.41) is 12.6. The number of allylic oxidation sites excluding steroid dienone is 2. The molecule has 0 saturated carbocycles. The van der Waals surface area contributed by atoms with Crippen molar-refractivity contribution in [3.63, 3.8) is 0 Å². The molecule has 0 spiro atoms. The van der Waals surface area contributed by atoms with Crippen LogP contribution < -0.4 is 5.32 Å². The van der Waals surface area contributed by atoms with Crippen molar-refractivity contribution in [3.05, 3.63) is 47.2 Å². The van der Waals surface area contributed by atoms with Crippen molar-refractivity contribution in [2.24, 2.45) is 11.8 Å². The summed E-state index contributed by atoms with van der Waals surface area (Å²) in [6.45, 7) is 0. The molecule has 3 nitrogen and oxygen atoms in total. The molecule has 2 aliphatic rings. The lowest BCUT2D eigenvalue weighted by Crippen LogP contribution is -2.43. The number of carbonyl (C=O) groups excluding carboxylic acids is 1. The Morgan fingerprint density at radius 2 is 2.05 bits per heavy atom. The summed E-state index contributed by atoms with van der Waals surface area (Å²) in [6.07, 6.45) is 2.98. The highest BCUT2D eigenvalue weighted by Gasteiger charge is 2.39. The van der Waals surface area contributed by atoms with Gasteiger partial charge in [-0.15, -0.1) is 0 Å². The van der Waals surface area contributed by atoms with E-state index in [0.29, 0.717) is 17.8 Å². The van der Waals surface area contributed by atoms with Crippen molar-refractivity contribution in [1.29, 1.82) is 5.26 Å². The predicted octanol–water partition coefficient (Wildman–Crippen LogP) is 2.92. The van der Waals surface area contributed by atoms with E-state index in [4.69, 9.17) is 12.2 Å². The van der Waals surface area contributed by atoms with Crippen molar-refractivity contribution in [1.82, 2.24) is 5.32 Å². The number of hydrogen-bond donors (Lipinski definition) is 1. The van der Waals surface area contributed by atoms with E-state index >= 15 is 0 Å². The largest absolute Gasteiger partial charge is 0.352 e. The number of nitriles is 1. The second kappa shape index (κ2) is 5.79. The van der Waals surface area contributed by atoms with E-state index in [0.717, 1.165) is 29.7 Å². The topological polar surface area (TPSA) is 52.9 Å². The molecule has 0 amide bonds. The fourth-order valence-electron chi connectivity index (χ4n) is 3.24. The van der Waals surface area contributed by atoms with Gasteiger partial charge in [0, 0.05) is 23.6 Å². The molecule has 106 valence electrons. The minimum absolute atomic E-state index is 0.117. The summed E-state index contributed by atoms with van der Waals surface area (Å²) >= 11 is 5.35. The van der Waals surface area contributed by atoms with Crippen LogP contribution in [0.1, 0.15) is 24.8 Å². The Bertz CT molecular complexity index is 657. The number of nitrogens with one attached hydrogen (secondary N) is 1. The second-order valence-corrected chi connectivity index (χ2v) is 6.00. The summed E-state index contributed by atoms with van der Waals surface area (Å²) in [7, 11) is 0. The molecule has 3 rings (SSSR count). The highest BCUT2D eigenvalue weighted by Crippen LogP contribution is 2.36. The summed E-state index contributed by atoms with van der Waals surface area (Å²) in [4.78, 5) is 12.9. The van der Waals surface area contributed by atoms with E-state index in [1.54, 1.807) is 0 Å². The third-order valence-corrected chi connectivity index (χ3v) is 4.58. The standard InChI is InChI=1S/C17H16N2OS/c18-10-13-12(9-11-5-2-1-3-6-11)16-14(19-17(13)21)7-4-8-15(16)20/h1-3,5-6,12-13H,4,7-9H2,(H,19,21)/t12-,13?/m1/s1. The first-order chi connectivity index (χ1) is 10.2. The van der Waals surface area contributed by atoms with Crippen LogP contribution in [0.15, 0.2) is 41.6 Å². The molecule has 0 radical (unpaired) electrons. The summed E-state index contributed by atoms with van der Waals surface area (Å²) in [5.74, 6) is -0.359. The monoisotopic (exact) mass is 296 g/mol. The van der Waals surface area contributed by atoms with Gasteiger partial charge >= 0.3 is 0 Å². The minimum atomic E-state index is -0.416. The number of thiocarbonyl (C=S) groups is 1. The van der Waals surface area contributed by atoms with Crippen molar-refractivity contribution >= 4 is 23.0 Å². The lowest BCUT2D eigenvalue weighted by Gasteiger charge is -2.35. The molecule has 1 aliphatic carbocycles. The highest BCUT2D eigenvalue weighted by molar-refractivity contribution is 7.80. The van der Waals surface area contributed by atoms with Crippen LogP contribution in [0.4, 0.5) is 0 Å². The molecule has 2 atom stereocenters. The summed E-state index contributed by atoms with van der Waals surface area (Å²) in [6, 6.07) is 12.3. The fraction of sp³-hybridized carbons (Fsp3) is 0.353. The average molecular weight is 296 g/mol. The Morgan fingerprint density at radius 3 is 2.76 bits per heavy atom. The summed E-state index contributed by atoms with van der Waals surface area (Å²) < 4.78 is 0. The molecule has 0 aromatic heterocycles. The number of rotatable bonds is 2. The predicted molar refractivity (Wildman–Crippen MR) is 84.4 cm³/mol. The van der Waals surface area contributed by atoms with Crippen LogP contribution in [-0.2, 0) is 11.2 Å². The zero-order valence-electron chi connectivity index (χ0n) is 11.6. The van der Waals surface area contributed by atoms with Gasteiger partial charge < -0.3 is 5.32 Å². The molecule has 4 heteroatoms. The smallest absolute Gasteiger partial charge is 0.160 e. The Morgan fingerprint density at radius 1 is 1.29 bits per heavy atom. The first kappa shape index (κ1) is 14.0. The Balaban J connectivity index is 2.01. The van der Waals surface area contributed by atoms with Gasteiger partial charge in [-0.2, -0.15) is 5.26 Å². The molecule has 0 saturated heterocycles. The molecular weight excluding hydrogens is 280 g/mol. The van der Waals surface area contributed by atoms with E-state index < -0.39 is 5.92 Å². The SMILES string of the molecule is N#CC1C(=S)NC2=C(C(=O)CCC2)[C@@H]1Cc1ccccc1. The maximum Gasteiger partial charge on any atom is 0.160 e. The Hall–Kier alpha value is -1.99. The normalized spacial score (nSPS) is 25.1. The van der Waals surface area contributed by atoms with E-state index in [1.807, 2.05) is 30.3 Å². The fourth-order valence-corrected chi connectivity index (χ4v) is 3.58.